The molecule has 1 aliphatic heterocycles. The molecule has 1 aromatic heterocycles. The number of carbonyl (C=O) groups excluding carboxylic acids is 2. The summed E-state index contributed by atoms with van der Waals surface area (Å²) in [4.78, 5) is 27.0. The molecular formula is C22H27N5O3S. The van der Waals surface area contributed by atoms with Gasteiger partial charge in [-0.25, -0.2) is 4.79 Å². The van der Waals surface area contributed by atoms with E-state index in [-0.39, 0.29) is 11.9 Å². The van der Waals surface area contributed by atoms with Crippen molar-refractivity contribution < 1.29 is 14.7 Å². The van der Waals surface area contributed by atoms with E-state index in [1.165, 1.54) is 26.9 Å². The van der Waals surface area contributed by atoms with Crippen molar-refractivity contribution >= 4 is 29.6 Å². The Labute approximate surface area is 185 Å². The first-order chi connectivity index (χ1) is 15.0. The zero-order valence-electron chi connectivity index (χ0n) is 17.6. The van der Waals surface area contributed by atoms with Crippen molar-refractivity contribution in [1.82, 2.24) is 19.4 Å². The quantitative estimate of drug-likeness (QED) is 0.633. The number of nitrogens with zero attached hydrogens (tertiary/aromatic N) is 3. The van der Waals surface area contributed by atoms with Crippen LogP contribution in [0.15, 0.2) is 17.2 Å². The summed E-state index contributed by atoms with van der Waals surface area (Å²) in [6.45, 7) is 0.888. The smallest absolute Gasteiger partial charge is 0.329 e. The van der Waals surface area contributed by atoms with E-state index in [0.29, 0.717) is 30.2 Å². The normalized spacial score (nSPS) is 19.4. The second-order valence-corrected chi connectivity index (χ2v) is 9.40. The molecule has 3 amide bonds. The Morgan fingerprint density at radius 3 is 2.48 bits per heavy atom. The maximum atomic E-state index is 12.7. The van der Waals surface area contributed by atoms with Gasteiger partial charge < -0.3 is 15.3 Å². The van der Waals surface area contributed by atoms with Gasteiger partial charge in [0, 0.05) is 43.8 Å². The third kappa shape index (κ3) is 3.92. The predicted octanol–water partition coefficient (Wildman–Crippen LogP) is 2.43. The lowest BCUT2D eigenvalue weighted by molar-refractivity contribution is 0.0754. The fraction of sp³-hybridized carbons (Fsp3) is 0.500. The molecule has 0 radical (unpaired) electrons. The molecule has 1 saturated heterocycles. The number of nitrogens with one attached hydrogen (secondary N) is 2. The van der Waals surface area contributed by atoms with Crippen molar-refractivity contribution in [2.75, 3.05) is 18.4 Å². The largest absolute Gasteiger partial charge is 0.391 e. The first kappa shape index (κ1) is 20.4. The molecule has 3 N–H and O–H groups in total. The topological polar surface area (TPSA) is 99.5 Å². The SMILES string of the molecule is Cn1nc(SNC(=O)Nc2c3c(cc4c2CCC4)CCC3)cc1C(=O)N1CCC(O)C1. The second kappa shape index (κ2) is 8.20. The van der Waals surface area contributed by atoms with Crippen LogP contribution in [0, 0.1) is 0 Å². The van der Waals surface area contributed by atoms with Gasteiger partial charge >= 0.3 is 6.03 Å². The molecule has 31 heavy (non-hydrogen) atoms. The van der Waals surface area contributed by atoms with Crippen molar-refractivity contribution in [3.8, 4) is 0 Å². The van der Waals surface area contributed by atoms with E-state index in [4.69, 9.17) is 0 Å². The standard InChI is InChI=1S/C22H27N5O3S/c1-26-18(21(29)27-9-8-15(28)12-27)11-19(24-26)31-25-22(30)23-20-16-6-2-4-13(16)10-14-5-3-7-17(14)20/h10-11,15,28H,2-9,12H2,1H3,(H2,23,25,30). The number of aliphatic hydroxyl groups is 1. The monoisotopic (exact) mass is 441 g/mol. The average Bonchev–Trinajstić information content (AvgIpc) is 3.52. The van der Waals surface area contributed by atoms with E-state index in [2.05, 4.69) is 21.2 Å². The highest BCUT2D eigenvalue weighted by Gasteiger charge is 2.28. The minimum absolute atomic E-state index is 0.154. The van der Waals surface area contributed by atoms with Crippen molar-refractivity contribution in [3.63, 3.8) is 0 Å². The van der Waals surface area contributed by atoms with Gasteiger partial charge in [-0.3, -0.25) is 14.2 Å². The van der Waals surface area contributed by atoms with Gasteiger partial charge in [0.1, 0.15) is 10.7 Å². The van der Waals surface area contributed by atoms with Crippen LogP contribution in [0.2, 0.25) is 0 Å². The van der Waals surface area contributed by atoms with E-state index in [1.54, 1.807) is 18.0 Å². The van der Waals surface area contributed by atoms with E-state index < -0.39 is 6.10 Å². The molecule has 8 nitrogen and oxygen atoms in total. The maximum Gasteiger partial charge on any atom is 0.329 e. The van der Waals surface area contributed by atoms with E-state index in [9.17, 15) is 14.7 Å². The molecule has 1 aromatic carbocycles. The third-order valence-electron chi connectivity index (χ3n) is 6.49. The van der Waals surface area contributed by atoms with Crippen LogP contribution < -0.4 is 10.0 Å². The molecule has 164 valence electrons. The lowest BCUT2D eigenvalue weighted by atomic mass is 9.99. The molecule has 0 bridgehead atoms. The van der Waals surface area contributed by atoms with Gasteiger partial charge in [0.2, 0.25) is 0 Å². The summed E-state index contributed by atoms with van der Waals surface area (Å²) < 4.78 is 4.33. The van der Waals surface area contributed by atoms with Crippen molar-refractivity contribution in [1.29, 1.82) is 0 Å². The number of amides is 3. The number of rotatable bonds is 4. The molecule has 2 heterocycles. The Balaban J connectivity index is 1.25. The van der Waals surface area contributed by atoms with Crippen molar-refractivity contribution in [2.24, 2.45) is 7.05 Å². The second-order valence-electron chi connectivity index (χ2n) is 8.58. The third-order valence-corrected chi connectivity index (χ3v) is 7.18. The molecule has 1 atom stereocenters. The van der Waals surface area contributed by atoms with Crippen LogP contribution in [0.3, 0.4) is 0 Å². The number of hydrogen-bond acceptors (Lipinski definition) is 5. The molecule has 1 fully saturated rings. The van der Waals surface area contributed by atoms with Crippen LogP contribution >= 0.6 is 11.9 Å². The number of benzene rings is 1. The number of aromatic nitrogens is 2. The fourth-order valence-electron chi connectivity index (χ4n) is 4.98. The van der Waals surface area contributed by atoms with Crippen molar-refractivity contribution in [3.05, 3.63) is 40.1 Å². The zero-order valence-corrected chi connectivity index (χ0v) is 18.4. The van der Waals surface area contributed by atoms with Gasteiger partial charge in [-0.05, 0) is 67.2 Å². The summed E-state index contributed by atoms with van der Waals surface area (Å²) in [6, 6.07) is 3.74. The minimum atomic E-state index is -0.461. The molecule has 2 aromatic rings. The Morgan fingerprint density at radius 2 is 1.84 bits per heavy atom. The summed E-state index contributed by atoms with van der Waals surface area (Å²) >= 11 is 1.10. The highest BCUT2D eigenvalue weighted by atomic mass is 32.2. The number of likely N-dealkylation sites (tertiary alicyclic amines) is 1. The fourth-order valence-corrected chi connectivity index (χ4v) is 5.57. The maximum absolute atomic E-state index is 12.7. The summed E-state index contributed by atoms with van der Waals surface area (Å²) in [5.74, 6) is -0.154. The van der Waals surface area contributed by atoms with E-state index >= 15 is 0 Å². The van der Waals surface area contributed by atoms with Gasteiger partial charge in [-0.1, -0.05) is 6.07 Å². The van der Waals surface area contributed by atoms with Gasteiger partial charge in [0.25, 0.3) is 5.91 Å². The van der Waals surface area contributed by atoms with E-state index in [0.717, 1.165) is 56.2 Å². The number of anilines is 1. The Kier molecular flexibility index (Phi) is 5.39. The average molecular weight is 442 g/mol. The highest BCUT2D eigenvalue weighted by molar-refractivity contribution is 7.97. The van der Waals surface area contributed by atoms with Gasteiger partial charge in [-0.2, -0.15) is 5.10 Å². The van der Waals surface area contributed by atoms with Crippen LogP contribution in [0.1, 0.15) is 52.0 Å². The minimum Gasteiger partial charge on any atom is -0.391 e. The summed E-state index contributed by atoms with van der Waals surface area (Å²) in [5, 5.41) is 17.7. The first-order valence-corrected chi connectivity index (χ1v) is 11.7. The Morgan fingerprint density at radius 1 is 1.13 bits per heavy atom. The lowest BCUT2D eigenvalue weighted by Crippen LogP contribution is -2.31. The molecule has 3 aliphatic rings. The number of aliphatic hydroxyl groups excluding tert-OH is 1. The van der Waals surface area contributed by atoms with Crippen LogP contribution in [0.4, 0.5) is 10.5 Å². The van der Waals surface area contributed by atoms with E-state index in [1.807, 2.05) is 0 Å². The van der Waals surface area contributed by atoms with Crippen LogP contribution in [0.25, 0.3) is 0 Å². The lowest BCUT2D eigenvalue weighted by Gasteiger charge is -2.16. The van der Waals surface area contributed by atoms with Crippen LogP contribution in [-0.2, 0) is 32.7 Å². The number of urea groups is 1. The molecule has 9 heteroatoms. The molecule has 5 rings (SSSR count). The Bertz CT molecular complexity index is 1020. The highest BCUT2D eigenvalue weighted by Crippen LogP contribution is 2.38. The molecular weight excluding hydrogens is 414 g/mol. The number of hydrogen-bond donors (Lipinski definition) is 3. The number of β-amino-alcohol motifs (C(OH)–C–C–N with tert-alkyl or cyclic N) is 1. The summed E-state index contributed by atoms with van der Waals surface area (Å²) in [7, 11) is 1.71. The molecule has 0 saturated carbocycles. The van der Waals surface area contributed by atoms with Gasteiger partial charge in [-0.15, -0.1) is 0 Å². The number of aryl methyl sites for hydroxylation is 3. The van der Waals surface area contributed by atoms with Crippen molar-refractivity contribution in [2.45, 2.75) is 56.1 Å². The molecule has 0 spiro atoms. The zero-order chi connectivity index (χ0) is 21.5. The van der Waals surface area contributed by atoms with Gasteiger partial charge in [0.05, 0.1) is 6.10 Å². The molecule has 1 unspecified atom stereocenters. The Hall–Kier alpha value is -2.52. The summed E-state index contributed by atoms with van der Waals surface area (Å²) in [6.07, 6.45) is 6.63. The first-order valence-electron chi connectivity index (χ1n) is 10.9. The van der Waals surface area contributed by atoms with Gasteiger partial charge in [0.15, 0.2) is 0 Å². The molecule has 2 aliphatic carbocycles. The predicted molar refractivity (Wildman–Crippen MR) is 118 cm³/mol. The van der Waals surface area contributed by atoms with Crippen LogP contribution in [-0.4, -0.2) is 50.9 Å². The number of carbonyl (C=O) groups is 2. The van der Waals surface area contributed by atoms with Crippen LogP contribution in [0.5, 0.6) is 0 Å². The number of fused-ring (bicyclic) bond motifs is 2. The summed E-state index contributed by atoms with van der Waals surface area (Å²) in [5.41, 5.74) is 6.79.